The fourth-order valence-electron chi connectivity index (χ4n) is 0.637. The number of phosphoric acid groups is 1. The van der Waals surface area contributed by atoms with Gasteiger partial charge in [0.05, 0.1) is 12.7 Å². The van der Waals surface area contributed by atoms with Crippen molar-refractivity contribution in [2.75, 3.05) is 6.61 Å². The van der Waals surface area contributed by atoms with Crippen molar-refractivity contribution in [1.82, 2.24) is 0 Å². The molecule has 1 unspecified atom stereocenters. The summed E-state index contributed by atoms with van der Waals surface area (Å²) >= 11 is 0. The molecule has 5 N–H and O–H groups in total. The molecule has 0 aromatic rings. The van der Waals surface area contributed by atoms with Gasteiger partial charge in [0, 0.05) is 0 Å². The van der Waals surface area contributed by atoms with Crippen molar-refractivity contribution in [3.63, 3.8) is 0 Å². The molecule has 0 heterocycles. The summed E-state index contributed by atoms with van der Waals surface area (Å²) in [5.74, 6) is -1.05. The Hall–Kier alpha value is -0.850. The van der Waals surface area contributed by atoms with Gasteiger partial charge in [-0.05, 0) is 19.1 Å². The van der Waals surface area contributed by atoms with Crippen molar-refractivity contribution >= 4 is 7.82 Å². The molecule has 0 saturated heterocycles. The molecule has 0 aliphatic rings. The minimum absolute atomic E-state index is 0.453. The summed E-state index contributed by atoms with van der Waals surface area (Å²) in [6, 6.07) is 0. The Balaban J connectivity index is 4.25. The fraction of sp³-hybridized carbons (Fsp3) is 0.429. The predicted octanol–water partition coefficient (Wildman–Crippen LogP) is 0.360. The number of aliphatic hydroxyl groups is 3. The molecule has 0 amide bonds. The lowest BCUT2D eigenvalue weighted by Gasteiger charge is -2.08. The number of allylic oxidation sites excluding steroid dienone is 1. The van der Waals surface area contributed by atoms with Gasteiger partial charge in [0.1, 0.15) is 0 Å². The van der Waals surface area contributed by atoms with Crippen LogP contribution in [0.15, 0.2) is 23.7 Å². The van der Waals surface area contributed by atoms with E-state index >= 15 is 0 Å². The van der Waals surface area contributed by atoms with Gasteiger partial charge in [-0.15, -0.1) is 0 Å². The third kappa shape index (κ3) is 7.12. The molecule has 0 rings (SSSR count). The van der Waals surface area contributed by atoms with E-state index in [1.54, 1.807) is 0 Å². The molecule has 0 spiro atoms. The smallest absolute Gasteiger partial charge is 0.469 e. The normalized spacial score (nSPS) is 16.5. The third-order valence-corrected chi connectivity index (χ3v) is 1.79. The average molecular weight is 240 g/mol. The summed E-state index contributed by atoms with van der Waals surface area (Å²) in [4.78, 5) is 16.6. The zero-order valence-corrected chi connectivity index (χ0v) is 8.83. The topological polar surface area (TPSA) is 127 Å². The molecule has 88 valence electrons. The van der Waals surface area contributed by atoms with Crippen LogP contribution in [0.25, 0.3) is 0 Å². The van der Waals surface area contributed by atoms with Crippen LogP contribution in [0.5, 0.6) is 0 Å². The predicted molar refractivity (Wildman–Crippen MR) is 51.1 cm³/mol. The molecular weight excluding hydrogens is 227 g/mol. The number of hydrogen-bond acceptors (Lipinski definition) is 5. The van der Waals surface area contributed by atoms with Crippen molar-refractivity contribution in [3.05, 3.63) is 23.7 Å². The quantitative estimate of drug-likeness (QED) is 0.266. The van der Waals surface area contributed by atoms with E-state index in [0.29, 0.717) is 0 Å². The highest BCUT2D eigenvalue weighted by molar-refractivity contribution is 7.46. The largest absolute Gasteiger partial charge is 0.504 e. The molecule has 0 aliphatic heterocycles. The summed E-state index contributed by atoms with van der Waals surface area (Å²) in [6.07, 6.45) is 0.549. The van der Waals surface area contributed by atoms with Gasteiger partial charge in [0.2, 0.25) is 0 Å². The van der Waals surface area contributed by atoms with E-state index in [1.807, 2.05) is 0 Å². The Morgan fingerprint density at radius 3 is 2.33 bits per heavy atom. The second-order valence-corrected chi connectivity index (χ2v) is 3.82. The number of hydrogen-bond donors (Lipinski definition) is 5. The van der Waals surface area contributed by atoms with Gasteiger partial charge in [-0.3, -0.25) is 4.52 Å². The molecular formula is C7H13O7P. The second kappa shape index (κ2) is 5.89. The molecule has 0 saturated carbocycles. The fourth-order valence-corrected chi connectivity index (χ4v) is 0.984. The Morgan fingerprint density at radius 2 is 1.93 bits per heavy atom. The zero-order chi connectivity index (χ0) is 12.1. The van der Waals surface area contributed by atoms with E-state index < -0.39 is 32.1 Å². The second-order valence-electron chi connectivity index (χ2n) is 2.58. The highest BCUT2D eigenvalue weighted by atomic mass is 31.2. The van der Waals surface area contributed by atoms with Crippen LogP contribution in [0.1, 0.15) is 6.92 Å². The standard InChI is InChI=1S/C7H13O7P/c1-2-6(9)7(10)3-5(8)4-14-15(11,12)13/h2-3,5,8-10H,4H2,1H3,(H2,11,12,13)/b6-2-,7-3-. The molecule has 0 aromatic heterocycles. The number of aliphatic hydroxyl groups excluding tert-OH is 3. The van der Waals surface area contributed by atoms with Crippen LogP contribution in [0.4, 0.5) is 0 Å². The SMILES string of the molecule is C/C=C(O)/C(O)=C/C(O)COP(=O)(O)O. The van der Waals surface area contributed by atoms with Crippen molar-refractivity contribution in [2.45, 2.75) is 13.0 Å². The minimum Gasteiger partial charge on any atom is -0.504 e. The monoisotopic (exact) mass is 240 g/mol. The molecule has 7 nitrogen and oxygen atoms in total. The molecule has 0 aromatic carbocycles. The Bertz CT molecular complexity index is 302. The third-order valence-electron chi connectivity index (χ3n) is 1.30. The van der Waals surface area contributed by atoms with Gasteiger partial charge < -0.3 is 25.1 Å². The van der Waals surface area contributed by atoms with Gasteiger partial charge >= 0.3 is 7.82 Å². The highest BCUT2D eigenvalue weighted by Gasteiger charge is 2.16. The van der Waals surface area contributed by atoms with E-state index in [9.17, 15) is 4.57 Å². The first-order chi connectivity index (χ1) is 6.76. The van der Waals surface area contributed by atoms with Crippen LogP contribution in [0, 0.1) is 0 Å². The van der Waals surface area contributed by atoms with Crippen LogP contribution in [0.3, 0.4) is 0 Å². The molecule has 0 fully saturated rings. The molecule has 15 heavy (non-hydrogen) atoms. The number of rotatable bonds is 5. The van der Waals surface area contributed by atoms with Crippen molar-refractivity contribution in [2.24, 2.45) is 0 Å². The Labute approximate surface area is 86.2 Å². The van der Waals surface area contributed by atoms with Crippen LogP contribution >= 0.6 is 7.82 Å². The summed E-state index contributed by atoms with van der Waals surface area (Å²) in [6.45, 7) is 0.767. The summed E-state index contributed by atoms with van der Waals surface area (Å²) in [5, 5.41) is 27.1. The first-order valence-corrected chi connectivity index (χ1v) is 5.44. The first kappa shape index (κ1) is 14.2. The molecule has 8 heteroatoms. The summed E-state index contributed by atoms with van der Waals surface area (Å²) in [7, 11) is -4.64. The summed E-state index contributed by atoms with van der Waals surface area (Å²) < 4.78 is 14.2. The van der Waals surface area contributed by atoms with Crippen LogP contribution in [-0.4, -0.2) is 37.8 Å². The zero-order valence-electron chi connectivity index (χ0n) is 7.94. The van der Waals surface area contributed by atoms with E-state index in [2.05, 4.69) is 4.52 Å². The van der Waals surface area contributed by atoms with Crippen molar-refractivity contribution in [3.8, 4) is 0 Å². The van der Waals surface area contributed by atoms with E-state index in [0.717, 1.165) is 6.08 Å². The summed E-state index contributed by atoms with van der Waals surface area (Å²) in [5.41, 5.74) is 0. The van der Waals surface area contributed by atoms with E-state index in [4.69, 9.17) is 25.1 Å². The lowest BCUT2D eigenvalue weighted by Crippen LogP contribution is -2.12. The first-order valence-electron chi connectivity index (χ1n) is 3.91. The highest BCUT2D eigenvalue weighted by Crippen LogP contribution is 2.35. The van der Waals surface area contributed by atoms with Crippen molar-refractivity contribution in [1.29, 1.82) is 0 Å². The lowest BCUT2D eigenvalue weighted by atomic mass is 10.3. The molecule has 0 bridgehead atoms. The lowest BCUT2D eigenvalue weighted by molar-refractivity contribution is 0.111. The molecule has 0 aliphatic carbocycles. The van der Waals surface area contributed by atoms with E-state index in [-0.39, 0.29) is 0 Å². The van der Waals surface area contributed by atoms with Gasteiger partial charge in [0.15, 0.2) is 11.5 Å². The minimum atomic E-state index is -4.64. The number of phosphoric ester groups is 1. The van der Waals surface area contributed by atoms with Gasteiger partial charge in [0.25, 0.3) is 0 Å². The Kier molecular flexibility index (Phi) is 5.56. The maximum absolute atomic E-state index is 10.2. The van der Waals surface area contributed by atoms with Crippen LogP contribution < -0.4 is 0 Å². The maximum atomic E-state index is 10.2. The van der Waals surface area contributed by atoms with Gasteiger partial charge in [-0.2, -0.15) is 0 Å². The van der Waals surface area contributed by atoms with Crippen LogP contribution in [-0.2, 0) is 9.09 Å². The maximum Gasteiger partial charge on any atom is 0.469 e. The van der Waals surface area contributed by atoms with Gasteiger partial charge in [-0.25, -0.2) is 4.57 Å². The Morgan fingerprint density at radius 1 is 1.40 bits per heavy atom. The molecule has 0 radical (unpaired) electrons. The average Bonchev–Trinajstić information content (AvgIpc) is 2.12. The van der Waals surface area contributed by atoms with E-state index in [1.165, 1.54) is 13.0 Å². The van der Waals surface area contributed by atoms with Crippen LogP contribution in [0.2, 0.25) is 0 Å². The van der Waals surface area contributed by atoms with Gasteiger partial charge in [-0.1, -0.05) is 0 Å². The molecule has 1 atom stereocenters. The van der Waals surface area contributed by atoms with Crippen molar-refractivity contribution < 1.29 is 34.2 Å².